The lowest BCUT2D eigenvalue weighted by atomic mass is 10.1. The number of aryl methyl sites for hydroxylation is 1. The monoisotopic (exact) mass is 248 g/mol. The predicted molar refractivity (Wildman–Crippen MR) is 63.4 cm³/mol. The van der Waals surface area contributed by atoms with Gasteiger partial charge < -0.3 is 0 Å². The molecule has 1 aromatic heterocycles. The molecule has 1 aromatic rings. The highest BCUT2D eigenvalue weighted by Crippen LogP contribution is 2.23. The fraction of sp³-hybridized carbons (Fsp3) is 0.556. The quantitative estimate of drug-likeness (QED) is 0.602. The summed E-state index contributed by atoms with van der Waals surface area (Å²) in [6.07, 6.45) is 1.74. The number of sulfone groups is 1. The number of thiophene rings is 1. The maximum absolute atomic E-state index is 11.0. The van der Waals surface area contributed by atoms with E-state index in [-0.39, 0.29) is 11.8 Å². The molecule has 86 valence electrons. The molecule has 6 heteroatoms. The van der Waals surface area contributed by atoms with E-state index in [1.54, 1.807) is 11.3 Å². The summed E-state index contributed by atoms with van der Waals surface area (Å²) in [6.45, 7) is 2.00. The largest absolute Gasteiger partial charge is 0.271 e. The molecule has 15 heavy (non-hydrogen) atoms. The molecule has 0 aliphatic rings. The summed E-state index contributed by atoms with van der Waals surface area (Å²) in [4.78, 5) is 0. The fourth-order valence-corrected chi connectivity index (χ4v) is 2.96. The Morgan fingerprint density at radius 2 is 2.20 bits per heavy atom. The molecule has 1 rings (SSSR count). The van der Waals surface area contributed by atoms with Gasteiger partial charge >= 0.3 is 0 Å². The predicted octanol–water partition coefficient (Wildman–Crippen LogP) is 0.996. The first-order chi connectivity index (χ1) is 6.94. The van der Waals surface area contributed by atoms with Crippen LogP contribution in [0.3, 0.4) is 0 Å². The summed E-state index contributed by atoms with van der Waals surface area (Å²) in [7, 11) is -2.93. The number of hydrazine groups is 1. The molecule has 0 saturated heterocycles. The van der Waals surface area contributed by atoms with Crippen molar-refractivity contribution in [2.45, 2.75) is 19.4 Å². The minimum absolute atomic E-state index is 0.0778. The normalized spacial score (nSPS) is 14.1. The molecule has 0 aliphatic carbocycles. The second-order valence-electron chi connectivity index (χ2n) is 3.65. The van der Waals surface area contributed by atoms with Crippen molar-refractivity contribution in [2.24, 2.45) is 5.84 Å². The lowest BCUT2D eigenvalue weighted by Gasteiger charge is -2.15. The molecular formula is C9H16N2O2S2. The van der Waals surface area contributed by atoms with Gasteiger partial charge in [0.05, 0.1) is 5.75 Å². The van der Waals surface area contributed by atoms with Crippen LogP contribution in [0.1, 0.15) is 23.6 Å². The molecule has 3 N–H and O–H groups in total. The Labute approximate surface area is 94.4 Å². The average molecular weight is 248 g/mol. The van der Waals surface area contributed by atoms with E-state index in [9.17, 15) is 8.42 Å². The highest BCUT2D eigenvalue weighted by Gasteiger charge is 2.15. The van der Waals surface area contributed by atoms with Crippen LogP contribution in [-0.2, 0) is 9.84 Å². The van der Waals surface area contributed by atoms with Gasteiger partial charge in [0.15, 0.2) is 0 Å². The van der Waals surface area contributed by atoms with Crippen LogP contribution in [-0.4, -0.2) is 20.4 Å². The van der Waals surface area contributed by atoms with Crippen LogP contribution in [0.2, 0.25) is 0 Å². The van der Waals surface area contributed by atoms with E-state index in [0.717, 1.165) is 11.1 Å². The number of nitrogens with two attached hydrogens (primary N) is 1. The third-order valence-electron chi connectivity index (χ3n) is 2.25. The Morgan fingerprint density at radius 3 is 2.60 bits per heavy atom. The van der Waals surface area contributed by atoms with Crippen LogP contribution in [0.5, 0.6) is 0 Å². The van der Waals surface area contributed by atoms with Crippen molar-refractivity contribution in [3.05, 3.63) is 21.9 Å². The number of hydrogen-bond donors (Lipinski definition) is 2. The van der Waals surface area contributed by atoms with E-state index in [1.165, 1.54) is 6.26 Å². The van der Waals surface area contributed by atoms with Gasteiger partial charge in [0.25, 0.3) is 0 Å². The standard InChI is InChI=1S/C9H16N2O2S2/c1-7-5-14-6-8(7)9(11-10)3-4-15(2,12)13/h5-6,9,11H,3-4,10H2,1-2H3. The van der Waals surface area contributed by atoms with Gasteiger partial charge in [-0.25, -0.2) is 8.42 Å². The van der Waals surface area contributed by atoms with E-state index in [4.69, 9.17) is 5.84 Å². The first-order valence-corrected chi connectivity index (χ1v) is 7.61. The SMILES string of the molecule is Cc1cscc1C(CCS(C)(=O)=O)NN. The van der Waals surface area contributed by atoms with Gasteiger partial charge in [-0.1, -0.05) is 0 Å². The van der Waals surface area contributed by atoms with Crippen LogP contribution < -0.4 is 11.3 Å². The topological polar surface area (TPSA) is 72.2 Å². The van der Waals surface area contributed by atoms with Crippen molar-refractivity contribution in [1.82, 2.24) is 5.43 Å². The molecule has 0 bridgehead atoms. The van der Waals surface area contributed by atoms with Gasteiger partial charge in [-0.2, -0.15) is 11.3 Å². The van der Waals surface area contributed by atoms with E-state index in [0.29, 0.717) is 6.42 Å². The maximum atomic E-state index is 11.0. The summed E-state index contributed by atoms with van der Waals surface area (Å²) in [6, 6.07) is -0.0778. The third-order valence-corrected chi connectivity index (χ3v) is 4.11. The van der Waals surface area contributed by atoms with Crippen LogP contribution in [0.4, 0.5) is 0 Å². The van der Waals surface area contributed by atoms with Gasteiger partial charge in [-0.05, 0) is 35.2 Å². The Balaban J connectivity index is 2.70. The van der Waals surface area contributed by atoms with Crippen molar-refractivity contribution in [2.75, 3.05) is 12.0 Å². The fourth-order valence-electron chi connectivity index (χ4n) is 1.39. The first-order valence-electron chi connectivity index (χ1n) is 4.60. The van der Waals surface area contributed by atoms with Crippen molar-refractivity contribution >= 4 is 21.2 Å². The zero-order valence-electron chi connectivity index (χ0n) is 8.86. The zero-order chi connectivity index (χ0) is 11.5. The highest BCUT2D eigenvalue weighted by atomic mass is 32.2. The van der Waals surface area contributed by atoms with Crippen molar-refractivity contribution in [3.8, 4) is 0 Å². The summed E-state index contributed by atoms with van der Waals surface area (Å²) < 4.78 is 22.1. The third kappa shape index (κ3) is 3.90. The summed E-state index contributed by atoms with van der Waals surface area (Å²) in [5, 5.41) is 4.03. The number of hydrogen-bond acceptors (Lipinski definition) is 5. The summed E-state index contributed by atoms with van der Waals surface area (Å²) in [5.74, 6) is 5.57. The van der Waals surface area contributed by atoms with E-state index in [2.05, 4.69) is 5.43 Å². The Bertz CT molecular complexity index is 412. The minimum Gasteiger partial charge on any atom is -0.271 e. The van der Waals surface area contributed by atoms with Crippen molar-refractivity contribution < 1.29 is 8.42 Å². The molecule has 0 aromatic carbocycles. The van der Waals surface area contributed by atoms with E-state index >= 15 is 0 Å². The molecule has 0 spiro atoms. The van der Waals surface area contributed by atoms with Crippen molar-refractivity contribution in [3.63, 3.8) is 0 Å². The Kier molecular flexibility index (Phi) is 4.27. The number of nitrogens with one attached hydrogen (secondary N) is 1. The molecule has 1 atom stereocenters. The lowest BCUT2D eigenvalue weighted by Crippen LogP contribution is -2.29. The average Bonchev–Trinajstić information content (AvgIpc) is 2.52. The van der Waals surface area contributed by atoms with Crippen LogP contribution >= 0.6 is 11.3 Å². The molecular weight excluding hydrogens is 232 g/mol. The van der Waals surface area contributed by atoms with Crippen molar-refractivity contribution in [1.29, 1.82) is 0 Å². The molecule has 0 radical (unpaired) electrons. The lowest BCUT2D eigenvalue weighted by molar-refractivity contribution is 0.530. The summed E-state index contributed by atoms with van der Waals surface area (Å²) >= 11 is 1.60. The molecule has 1 unspecified atom stereocenters. The maximum Gasteiger partial charge on any atom is 0.147 e. The second-order valence-corrected chi connectivity index (χ2v) is 6.65. The van der Waals surface area contributed by atoms with Gasteiger partial charge in [-0.15, -0.1) is 0 Å². The van der Waals surface area contributed by atoms with Gasteiger partial charge in [0.2, 0.25) is 0 Å². The smallest absolute Gasteiger partial charge is 0.147 e. The van der Waals surface area contributed by atoms with Crippen LogP contribution in [0.25, 0.3) is 0 Å². The molecule has 0 aliphatic heterocycles. The Hall–Kier alpha value is -0.430. The van der Waals surface area contributed by atoms with Crippen LogP contribution in [0.15, 0.2) is 10.8 Å². The zero-order valence-corrected chi connectivity index (χ0v) is 10.5. The van der Waals surface area contributed by atoms with Gasteiger partial charge in [0.1, 0.15) is 9.84 Å². The Morgan fingerprint density at radius 1 is 1.53 bits per heavy atom. The van der Waals surface area contributed by atoms with E-state index < -0.39 is 9.84 Å². The molecule has 0 amide bonds. The number of rotatable bonds is 5. The minimum atomic E-state index is -2.93. The molecule has 0 fully saturated rings. The molecule has 4 nitrogen and oxygen atoms in total. The van der Waals surface area contributed by atoms with E-state index in [1.807, 2.05) is 17.7 Å². The summed E-state index contributed by atoms with van der Waals surface area (Å²) in [5.41, 5.74) is 4.90. The van der Waals surface area contributed by atoms with Gasteiger partial charge in [0, 0.05) is 12.3 Å². The van der Waals surface area contributed by atoms with Crippen LogP contribution in [0, 0.1) is 6.92 Å². The molecule has 0 saturated carbocycles. The second kappa shape index (κ2) is 5.07. The molecule has 1 heterocycles. The van der Waals surface area contributed by atoms with Gasteiger partial charge in [-0.3, -0.25) is 11.3 Å². The highest BCUT2D eigenvalue weighted by molar-refractivity contribution is 7.90. The first kappa shape index (κ1) is 12.6.